The third kappa shape index (κ3) is 6.01. The zero-order chi connectivity index (χ0) is 24.9. The van der Waals surface area contributed by atoms with Crippen LogP contribution in [0.3, 0.4) is 0 Å². The fourth-order valence-electron chi connectivity index (χ4n) is 4.87. The Morgan fingerprint density at radius 2 is 1.72 bits per heavy atom. The van der Waals surface area contributed by atoms with Gasteiger partial charge in [-0.3, -0.25) is 4.79 Å². The molecule has 1 N–H and O–H groups in total. The van der Waals surface area contributed by atoms with Gasteiger partial charge < -0.3 is 15.1 Å². The lowest BCUT2D eigenvalue weighted by molar-refractivity contribution is 0.0993. The van der Waals surface area contributed by atoms with Crippen LogP contribution in [0.25, 0.3) is 6.08 Å². The fraction of sp³-hybridized carbons (Fsp3) is 0.345. The van der Waals surface area contributed by atoms with Crippen LogP contribution >= 0.6 is 11.6 Å². The molecule has 0 bridgehead atoms. The molecule has 2 aliphatic rings. The predicted molar refractivity (Wildman–Crippen MR) is 146 cm³/mol. The highest BCUT2D eigenvalue weighted by Gasteiger charge is 2.21. The van der Waals surface area contributed by atoms with Gasteiger partial charge in [0.1, 0.15) is 11.6 Å². The Labute approximate surface area is 218 Å². The van der Waals surface area contributed by atoms with E-state index >= 15 is 0 Å². The van der Waals surface area contributed by atoms with E-state index < -0.39 is 0 Å². The fourth-order valence-corrected chi connectivity index (χ4v) is 4.99. The van der Waals surface area contributed by atoms with E-state index in [1.165, 1.54) is 18.7 Å². The van der Waals surface area contributed by atoms with Crippen LogP contribution in [0.1, 0.15) is 46.1 Å². The van der Waals surface area contributed by atoms with Crippen LogP contribution in [0.2, 0.25) is 5.02 Å². The molecule has 1 aliphatic carbocycles. The third-order valence-electron chi connectivity index (χ3n) is 7.01. The molecular formula is C29H32ClN5O. The molecule has 0 unspecified atom stereocenters. The van der Waals surface area contributed by atoms with Crippen molar-refractivity contribution in [2.24, 2.45) is 0 Å². The summed E-state index contributed by atoms with van der Waals surface area (Å²) in [7, 11) is 0. The van der Waals surface area contributed by atoms with Crippen molar-refractivity contribution in [3.63, 3.8) is 0 Å². The maximum Gasteiger partial charge on any atom is 0.169 e. The molecule has 5 rings (SSSR count). The molecule has 1 aromatic carbocycles. The number of hydrogen-bond acceptors (Lipinski definition) is 6. The molecule has 3 heterocycles. The maximum atomic E-state index is 12.8. The molecule has 0 radical (unpaired) electrons. The second-order valence-corrected chi connectivity index (χ2v) is 9.89. The SMILES string of the molecule is CCN1CCN(CCc2ccc(Cc3nc(Nc4ccc(Cl)cn4)cc4c3C(=O)CC=C4)cc2)CC1. The first kappa shape index (κ1) is 24.6. The number of piperazine rings is 1. The zero-order valence-corrected chi connectivity index (χ0v) is 21.5. The van der Waals surface area contributed by atoms with Crippen LogP contribution in [0, 0.1) is 0 Å². The number of halogens is 1. The monoisotopic (exact) mass is 501 g/mol. The summed E-state index contributed by atoms with van der Waals surface area (Å²) < 4.78 is 0. The summed E-state index contributed by atoms with van der Waals surface area (Å²) >= 11 is 5.97. The lowest BCUT2D eigenvalue weighted by Crippen LogP contribution is -2.46. The molecule has 0 saturated carbocycles. The van der Waals surface area contributed by atoms with E-state index in [1.54, 1.807) is 12.3 Å². The van der Waals surface area contributed by atoms with Gasteiger partial charge in [-0.25, -0.2) is 9.97 Å². The molecule has 1 aliphatic heterocycles. The summed E-state index contributed by atoms with van der Waals surface area (Å²) in [6, 6.07) is 14.3. The number of carbonyl (C=O) groups is 1. The Morgan fingerprint density at radius 3 is 2.44 bits per heavy atom. The smallest absolute Gasteiger partial charge is 0.169 e. The summed E-state index contributed by atoms with van der Waals surface area (Å²) in [6.07, 6.45) is 7.58. The first-order valence-electron chi connectivity index (χ1n) is 12.7. The van der Waals surface area contributed by atoms with Crippen LogP contribution in [0.5, 0.6) is 0 Å². The highest BCUT2D eigenvalue weighted by molar-refractivity contribution is 6.30. The molecule has 6 nitrogen and oxygen atoms in total. The molecule has 36 heavy (non-hydrogen) atoms. The van der Waals surface area contributed by atoms with Gasteiger partial charge in [0.25, 0.3) is 0 Å². The first-order valence-corrected chi connectivity index (χ1v) is 13.1. The van der Waals surface area contributed by atoms with Gasteiger partial charge in [-0.15, -0.1) is 0 Å². The third-order valence-corrected chi connectivity index (χ3v) is 7.23. The van der Waals surface area contributed by atoms with E-state index in [1.807, 2.05) is 24.3 Å². The number of rotatable bonds is 8. The number of pyridine rings is 2. The van der Waals surface area contributed by atoms with E-state index in [9.17, 15) is 4.79 Å². The van der Waals surface area contributed by atoms with Crippen LogP contribution in [0.15, 0.2) is 54.7 Å². The van der Waals surface area contributed by atoms with Crippen molar-refractivity contribution in [1.82, 2.24) is 19.8 Å². The number of fused-ring (bicyclic) bond motifs is 1. The minimum absolute atomic E-state index is 0.117. The number of nitrogens with zero attached hydrogens (tertiary/aromatic N) is 4. The molecule has 0 spiro atoms. The summed E-state index contributed by atoms with van der Waals surface area (Å²) in [5, 5.41) is 3.83. The molecule has 2 aromatic heterocycles. The summed E-state index contributed by atoms with van der Waals surface area (Å²) in [5.74, 6) is 1.44. The Bertz CT molecular complexity index is 1230. The van der Waals surface area contributed by atoms with Gasteiger partial charge in [0.05, 0.1) is 10.7 Å². The largest absolute Gasteiger partial charge is 0.325 e. The van der Waals surface area contributed by atoms with E-state index in [2.05, 4.69) is 51.3 Å². The van der Waals surface area contributed by atoms with Crippen LogP contribution in [-0.4, -0.2) is 64.8 Å². The van der Waals surface area contributed by atoms with Gasteiger partial charge >= 0.3 is 0 Å². The molecule has 1 fully saturated rings. The molecule has 1 saturated heterocycles. The second kappa shape index (κ2) is 11.3. The number of allylic oxidation sites excluding steroid dienone is 1. The van der Waals surface area contributed by atoms with Crippen molar-refractivity contribution in [2.45, 2.75) is 26.2 Å². The molecule has 7 heteroatoms. The number of Topliss-reactive ketones (excluding diaryl/α,β-unsaturated/α-hetero) is 1. The van der Waals surface area contributed by atoms with Crippen molar-refractivity contribution >= 4 is 35.1 Å². The lowest BCUT2D eigenvalue weighted by atomic mass is 9.92. The normalized spacial score (nSPS) is 16.2. The van der Waals surface area contributed by atoms with Crippen molar-refractivity contribution < 1.29 is 4.79 Å². The van der Waals surface area contributed by atoms with Crippen molar-refractivity contribution in [3.8, 4) is 0 Å². The Morgan fingerprint density at radius 1 is 0.972 bits per heavy atom. The van der Waals surface area contributed by atoms with Gasteiger partial charge in [0, 0.05) is 57.3 Å². The molecular weight excluding hydrogens is 470 g/mol. The van der Waals surface area contributed by atoms with Gasteiger partial charge in [0.15, 0.2) is 5.78 Å². The number of likely N-dealkylation sites (N-methyl/N-ethyl adjacent to an activating group) is 1. The van der Waals surface area contributed by atoms with Crippen LogP contribution < -0.4 is 5.32 Å². The van der Waals surface area contributed by atoms with Crippen LogP contribution in [0.4, 0.5) is 11.6 Å². The summed E-state index contributed by atoms with van der Waals surface area (Å²) in [6.45, 7) is 9.12. The molecule has 0 amide bonds. The quantitative estimate of drug-likeness (QED) is 0.455. The Balaban J connectivity index is 1.29. The van der Waals surface area contributed by atoms with Gasteiger partial charge in [-0.1, -0.05) is 54.9 Å². The highest BCUT2D eigenvalue weighted by Crippen LogP contribution is 2.28. The van der Waals surface area contributed by atoms with Gasteiger partial charge in [-0.05, 0) is 47.9 Å². The highest BCUT2D eigenvalue weighted by atomic mass is 35.5. The standard InChI is InChI=1S/C29H32ClN5O/c1-2-34-14-16-35(17-15-34)13-12-21-6-8-22(9-7-21)18-25-29-23(4-3-5-26(29)36)19-28(32-25)33-27-11-10-24(30)20-31-27/h3-4,6-11,19-20H,2,5,12-18H2,1H3,(H,31,32,33). The Kier molecular flexibility index (Phi) is 7.75. The topological polar surface area (TPSA) is 61.4 Å². The van der Waals surface area contributed by atoms with Gasteiger partial charge in [-0.2, -0.15) is 0 Å². The van der Waals surface area contributed by atoms with E-state index in [0.29, 0.717) is 29.5 Å². The zero-order valence-electron chi connectivity index (χ0n) is 20.7. The number of carbonyl (C=O) groups excluding carboxylic acids is 1. The van der Waals surface area contributed by atoms with Crippen molar-refractivity contribution in [1.29, 1.82) is 0 Å². The minimum atomic E-state index is 0.117. The van der Waals surface area contributed by atoms with Crippen molar-refractivity contribution in [2.75, 3.05) is 44.6 Å². The number of nitrogens with one attached hydrogen (secondary N) is 1. The second-order valence-electron chi connectivity index (χ2n) is 9.45. The average molecular weight is 502 g/mol. The van der Waals surface area contributed by atoms with E-state index in [0.717, 1.165) is 55.0 Å². The molecule has 3 aromatic rings. The number of benzene rings is 1. The predicted octanol–water partition coefficient (Wildman–Crippen LogP) is 5.24. The van der Waals surface area contributed by atoms with E-state index in [-0.39, 0.29) is 5.78 Å². The van der Waals surface area contributed by atoms with Gasteiger partial charge in [0.2, 0.25) is 0 Å². The Hall–Kier alpha value is -3.06. The summed E-state index contributed by atoms with van der Waals surface area (Å²) in [4.78, 5) is 27.0. The molecule has 186 valence electrons. The lowest BCUT2D eigenvalue weighted by Gasteiger charge is -2.34. The molecule has 0 atom stereocenters. The van der Waals surface area contributed by atoms with E-state index in [4.69, 9.17) is 16.6 Å². The number of ketones is 1. The number of aromatic nitrogens is 2. The minimum Gasteiger partial charge on any atom is -0.325 e. The number of anilines is 2. The van der Waals surface area contributed by atoms with Crippen molar-refractivity contribution in [3.05, 3.63) is 87.7 Å². The first-order chi connectivity index (χ1) is 17.6. The maximum absolute atomic E-state index is 12.8. The number of hydrogen-bond donors (Lipinski definition) is 1. The average Bonchev–Trinajstić information content (AvgIpc) is 2.90. The van der Waals surface area contributed by atoms with Crippen LogP contribution in [-0.2, 0) is 12.8 Å². The summed E-state index contributed by atoms with van der Waals surface area (Å²) in [5.41, 5.74) is 4.90.